The Balaban J connectivity index is 2.36. The van der Waals surface area contributed by atoms with Crippen molar-refractivity contribution in [1.29, 1.82) is 0 Å². The van der Waals surface area contributed by atoms with Crippen molar-refractivity contribution >= 4 is 10.0 Å². The molecule has 0 saturated heterocycles. The van der Waals surface area contributed by atoms with Gasteiger partial charge in [-0.2, -0.15) is 0 Å². The zero-order valence-electron chi connectivity index (χ0n) is 8.28. The van der Waals surface area contributed by atoms with Crippen LogP contribution < -0.4 is 4.72 Å². The van der Waals surface area contributed by atoms with Gasteiger partial charge in [-0.25, -0.2) is 13.1 Å². The summed E-state index contributed by atoms with van der Waals surface area (Å²) in [6.45, 7) is 3.35. The lowest BCUT2D eigenvalue weighted by Crippen LogP contribution is -2.49. The molecule has 0 radical (unpaired) electrons. The maximum absolute atomic E-state index is 11.4. The molecule has 1 aliphatic rings. The largest absolute Gasteiger partial charge is 0.381 e. The fourth-order valence-corrected chi connectivity index (χ4v) is 2.15. The Labute approximate surface area is 79.7 Å². The quantitative estimate of drug-likeness (QED) is 0.730. The first-order valence-electron chi connectivity index (χ1n) is 4.49. The van der Waals surface area contributed by atoms with Crippen molar-refractivity contribution in [1.82, 2.24) is 4.72 Å². The highest BCUT2D eigenvalue weighted by Crippen LogP contribution is 2.23. The van der Waals surface area contributed by atoms with Crippen LogP contribution in [0.15, 0.2) is 0 Å². The Morgan fingerprint density at radius 1 is 1.38 bits per heavy atom. The molecular formula is C8H17NO3S. The summed E-state index contributed by atoms with van der Waals surface area (Å²) in [5.41, 5.74) is 0. The van der Waals surface area contributed by atoms with Crippen molar-refractivity contribution in [2.75, 3.05) is 7.11 Å². The third kappa shape index (κ3) is 2.65. The van der Waals surface area contributed by atoms with Crippen LogP contribution in [-0.2, 0) is 14.8 Å². The minimum Gasteiger partial charge on any atom is -0.381 e. The Morgan fingerprint density at radius 3 is 2.31 bits per heavy atom. The second kappa shape index (κ2) is 3.94. The van der Waals surface area contributed by atoms with Crippen LogP contribution in [0, 0.1) is 0 Å². The second-order valence-corrected chi connectivity index (χ2v) is 6.01. The van der Waals surface area contributed by atoms with Crippen LogP contribution in [0.2, 0.25) is 0 Å². The highest BCUT2D eigenvalue weighted by Gasteiger charge is 2.32. The van der Waals surface area contributed by atoms with E-state index in [9.17, 15) is 8.42 Å². The van der Waals surface area contributed by atoms with Crippen LogP contribution in [0.4, 0.5) is 0 Å². The van der Waals surface area contributed by atoms with Gasteiger partial charge in [0.25, 0.3) is 0 Å². The molecular weight excluding hydrogens is 190 g/mol. The van der Waals surface area contributed by atoms with Gasteiger partial charge in [0, 0.05) is 13.2 Å². The number of rotatable bonds is 4. The Hall–Kier alpha value is -0.130. The van der Waals surface area contributed by atoms with E-state index in [1.54, 1.807) is 21.0 Å². The first-order valence-corrected chi connectivity index (χ1v) is 6.04. The standard InChI is InChI=1S/C8H17NO3S/c1-6(2)13(10,11)9-7-4-8(5-7)12-3/h6-9H,4-5H2,1-3H3. The molecule has 0 unspecified atom stereocenters. The zero-order chi connectivity index (χ0) is 10.1. The summed E-state index contributed by atoms with van der Waals surface area (Å²) in [5, 5.41) is -0.353. The normalized spacial score (nSPS) is 28.9. The maximum atomic E-state index is 11.4. The molecule has 4 nitrogen and oxygen atoms in total. The van der Waals surface area contributed by atoms with Gasteiger partial charge in [0.05, 0.1) is 11.4 Å². The molecule has 0 spiro atoms. The van der Waals surface area contributed by atoms with Gasteiger partial charge in [-0.1, -0.05) is 0 Å². The fraction of sp³-hybridized carbons (Fsp3) is 1.00. The number of hydrogen-bond acceptors (Lipinski definition) is 3. The molecule has 0 amide bonds. The lowest BCUT2D eigenvalue weighted by molar-refractivity contribution is 0.0235. The van der Waals surface area contributed by atoms with E-state index < -0.39 is 10.0 Å². The summed E-state index contributed by atoms with van der Waals surface area (Å²) in [6.07, 6.45) is 1.82. The molecule has 1 fully saturated rings. The Bertz CT molecular complexity index is 255. The molecule has 0 bridgehead atoms. The molecule has 1 N–H and O–H groups in total. The van der Waals surface area contributed by atoms with Crippen molar-refractivity contribution in [3.8, 4) is 0 Å². The molecule has 0 aromatic rings. The van der Waals surface area contributed by atoms with E-state index in [0.29, 0.717) is 0 Å². The van der Waals surface area contributed by atoms with Gasteiger partial charge in [-0.05, 0) is 26.7 Å². The van der Waals surface area contributed by atoms with Crippen LogP contribution in [0.1, 0.15) is 26.7 Å². The molecule has 5 heteroatoms. The summed E-state index contributed by atoms with van der Waals surface area (Å²) < 4.78 is 30.5. The fourth-order valence-electron chi connectivity index (χ4n) is 1.22. The Kier molecular flexibility index (Phi) is 3.32. The molecule has 13 heavy (non-hydrogen) atoms. The van der Waals surface area contributed by atoms with Crippen LogP contribution >= 0.6 is 0 Å². The molecule has 0 aromatic heterocycles. The van der Waals surface area contributed by atoms with Crippen molar-refractivity contribution in [3.63, 3.8) is 0 Å². The van der Waals surface area contributed by atoms with Crippen molar-refractivity contribution < 1.29 is 13.2 Å². The van der Waals surface area contributed by atoms with Gasteiger partial charge in [0.2, 0.25) is 10.0 Å². The summed E-state index contributed by atoms with van der Waals surface area (Å²) in [4.78, 5) is 0. The minimum atomic E-state index is -3.10. The molecule has 0 atom stereocenters. The van der Waals surface area contributed by atoms with Gasteiger partial charge in [0.1, 0.15) is 0 Å². The lowest BCUT2D eigenvalue weighted by atomic mass is 9.90. The third-order valence-electron chi connectivity index (χ3n) is 2.38. The Morgan fingerprint density at radius 2 is 1.92 bits per heavy atom. The minimum absolute atomic E-state index is 0.0809. The van der Waals surface area contributed by atoms with Gasteiger partial charge >= 0.3 is 0 Å². The first-order chi connectivity index (χ1) is 5.95. The molecule has 1 rings (SSSR count). The topological polar surface area (TPSA) is 55.4 Å². The lowest BCUT2D eigenvalue weighted by Gasteiger charge is -2.34. The zero-order valence-corrected chi connectivity index (χ0v) is 9.10. The van der Waals surface area contributed by atoms with Crippen molar-refractivity contribution in [2.24, 2.45) is 0 Å². The average molecular weight is 207 g/mol. The van der Waals surface area contributed by atoms with Gasteiger partial charge in [-0.15, -0.1) is 0 Å². The average Bonchev–Trinajstić information content (AvgIpc) is 1.95. The SMILES string of the molecule is COC1CC(NS(=O)(=O)C(C)C)C1. The second-order valence-electron chi connectivity index (χ2n) is 3.74. The van der Waals surface area contributed by atoms with Crippen LogP contribution in [-0.4, -0.2) is 32.9 Å². The summed E-state index contributed by atoms with van der Waals surface area (Å²) in [7, 11) is -1.44. The third-order valence-corrected chi connectivity index (χ3v) is 4.28. The molecule has 0 heterocycles. The highest BCUT2D eigenvalue weighted by atomic mass is 32.2. The van der Waals surface area contributed by atoms with Crippen LogP contribution in [0.3, 0.4) is 0 Å². The van der Waals surface area contributed by atoms with E-state index in [1.165, 1.54) is 0 Å². The van der Waals surface area contributed by atoms with Gasteiger partial charge in [0.15, 0.2) is 0 Å². The van der Waals surface area contributed by atoms with Crippen molar-refractivity contribution in [2.45, 2.75) is 44.1 Å². The molecule has 78 valence electrons. The maximum Gasteiger partial charge on any atom is 0.214 e. The smallest absolute Gasteiger partial charge is 0.214 e. The number of ether oxygens (including phenoxy) is 1. The number of nitrogens with one attached hydrogen (secondary N) is 1. The van der Waals surface area contributed by atoms with E-state index in [-0.39, 0.29) is 17.4 Å². The highest BCUT2D eigenvalue weighted by molar-refractivity contribution is 7.90. The monoisotopic (exact) mass is 207 g/mol. The predicted octanol–water partition coefficient (Wildman–Crippen LogP) is 0.492. The summed E-state index contributed by atoms with van der Waals surface area (Å²) in [6, 6.07) is 0.0809. The molecule has 0 aliphatic heterocycles. The van der Waals surface area contributed by atoms with Crippen molar-refractivity contribution in [3.05, 3.63) is 0 Å². The molecule has 1 aliphatic carbocycles. The summed E-state index contributed by atoms with van der Waals surface area (Å²) in [5.74, 6) is 0. The number of methoxy groups -OCH3 is 1. The van der Waals surface area contributed by atoms with E-state index in [4.69, 9.17) is 4.74 Å². The van der Waals surface area contributed by atoms with Crippen LogP contribution in [0.25, 0.3) is 0 Å². The van der Waals surface area contributed by atoms with Crippen LogP contribution in [0.5, 0.6) is 0 Å². The predicted molar refractivity (Wildman–Crippen MR) is 51.0 cm³/mol. The van der Waals surface area contributed by atoms with Gasteiger partial charge < -0.3 is 4.74 Å². The number of hydrogen-bond donors (Lipinski definition) is 1. The van der Waals surface area contributed by atoms with E-state index in [2.05, 4.69) is 4.72 Å². The summed E-state index contributed by atoms with van der Waals surface area (Å²) >= 11 is 0. The van der Waals surface area contributed by atoms with E-state index >= 15 is 0 Å². The first kappa shape index (κ1) is 10.9. The van der Waals surface area contributed by atoms with E-state index in [0.717, 1.165) is 12.8 Å². The number of sulfonamides is 1. The van der Waals surface area contributed by atoms with Gasteiger partial charge in [-0.3, -0.25) is 0 Å². The molecule has 0 aromatic carbocycles. The van der Waals surface area contributed by atoms with E-state index in [1.807, 2.05) is 0 Å². The molecule has 1 saturated carbocycles.